The highest BCUT2D eigenvalue weighted by Gasteiger charge is 2.31. The van der Waals surface area contributed by atoms with Crippen LogP contribution in [0.2, 0.25) is 0 Å². The molecule has 188 valence electrons. The molecule has 1 heterocycles. The third-order valence-electron chi connectivity index (χ3n) is 6.14. The van der Waals surface area contributed by atoms with Gasteiger partial charge in [-0.25, -0.2) is 9.18 Å². The van der Waals surface area contributed by atoms with Crippen molar-refractivity contribution in [2.45, 2.75) is 25.3 Å². The van der Waals surface area contributed by atoms with E-state index in [4.69, 9.17) is 4.74 Å². The largest absolute Gasteiger partial charge is 0.507 e. The van der Waals surface area contributed by atoms with E-state index in [0.717, 1.165) is 18.5 Å². The maximum absolute atomic E-state index is 13.5. The molecule has 9 heteroatoms. The van der Waals surface area contributed by atoms with Gasteiger partial charge < -0.3 is 20.5 Å². The Morgan fingerprint density at radius 1 is 1.08 bits per heavy atom. The van der Waals surface area contributed by atoms with Crippen molar-refractivity contribution >= 4 is 17.6 Å². The van der Waals surface area contributed by atoms with Crippen molar-refractivity contribution in [2.75, 3.05) is 12.4 Å². The van der Waals surface area contributed by atoms with Crippen molar-refractivity contribution in [1.82, 2.24) is 15.1 Å². The minimum absolute atomic E-state index is 0.0394. The Kier molecular flexibility index (Phi) is 6.59. The van der Waals surface area contributed by atoms with Gasteiger partial charge in [-0.05, 0) is 66.9 Å². The maximum Gasteiger partial charge on any atom is 0.342 e. The summed E-state index contributed by atoms with van der Waals surface area (Å²) in [6.45, 7) is 0.144. The van der Waals surface area contributed by atoms with E-state index in [2.05, 4.69) is 15.7 Å². The molecule has 1 saturated carbocycles. The number of rotatable bonds is 7. The van der Waals surface area contributed by atoms with Gasteiger partial charge in [-0.15, -0.1) is 0 Å². The van der Waals surface area contributed by atoms with Gasteiger partial charge in [0.15, 0.2) is 0 Å². The number of halogens is 1. The number of phenols is 1. The molecule has 0 atom stereocenters. The molecule has 1 aromatic heterocycles. The number of nitrogens with one attached hydrogen (secondary N) is 2. The predicted octanol–water partition coefficient (Wildman–Crippen LogP) is 5.29. The van der Waals surface area contributed by atoms with Gasteiger partial charge in [-0.2, -0.15) is 9.78 Å². The number of methoxy groups -OCH3 is 1. The van der Waals surface area contributed by atoms with Gasteiger partial charge in [0.1, 0.15) is 17.3 Å². The topological polar surface area (TPSA) is 105 Å². The first-order valence-electron chi connectivity index (χ1n) is 11.8. The lowest BCUT2D eigenvalue weighted by Gasteiger charge is -2.10. The molecule has 4 aromatic rings. The molecule has 0 bridgehead atoms. The number of anilines is 1. The summed E-state index contributed by atoms with van der Waals surface area (Å²) in [7, 11) is 1.49. The van der Waals surface area contributed by atoms with E-state index < -0.39 is 6.03 Å². The van der Waals surface area contributed by atoms with E-state index in [1.165, 1.54) is 30.0 Å². The first kappa shape index (κ1) is 24.1. The molecule has 1 aliphatic carbocycles. The molecule has 1 fully saturated rings. The molecule has 1 aliphatic rings. The smallest absolute Gasteiger partial charge is 0.342 e. The van der Waals surface area contributed by atoms with Crippen LogP contribution in [0.15, 0.2) is 72.8 Å². The minimum atomic E-state index is -0.447. The van der Waals surface area contributed by atoms with Crippen LogP contribution in [0.25, 0.3) is 11.3 Å². The van der Waals surface area contributed by atoms with E-state index >= 15 is 0 Å². The lowest BCUT2D eigenvalue weighted by atomic mass is 10.1. The summed E-state index contributed by atoms with van der Waals surface area (Å²) in [5.74, 6) is -0.148. The normalized spacial score (nSPS) is 12.7. The van der Waals surface area contributed by atoms with Crippen molar-refractivity contribution < 1.29 is 23.8 Å². The summed E-state index contributed by atoms with van der Waals surface area (Å²) in [5, 5.41) is 20.6. The number of hydrogen-bond donors (Lipinski definition) is 3. The highest BCUT2D eigenvalue weighted by molar-refractivity contribution is 6.06. The van der Waals surface area contributed by atoms with Gasteiger partial charge >= 0.3 is 6.03 Å². The zero-order valence-corrected chi connectivity index (χ0v) is 20.1. The van der Waals surface area contributed by atoms with Crippen LogP contribution >= 0.6 is 0 Å². The number of nitrogens with zero attached hydrogens (tertiary/aromatic N) is 2. The average molecular weight is 501 g/mol. The van der Waals surface area contributed by atoms with Gasteiger partial charge in [0.2, 0.25) is 0 Å². The quantitative estimate of drug-likeness (QED) is 0.299. The van der Waals surface area contributed by atoms with Gasteiger partial charge in [0.05, 0.1) is 24.1 Å². The summed E-state index contributed by atoms with van der Waals surface area (Å²) in [6, 6.07) is 18.9. The van der Waals surface area contributed by atoms with Crippen molar-refractivity contribution in [3.05, 3.63) is 95.4 Å². The van der Waals surface area contributed by atoms with Crippen LogP contribution in [0.4, 0.5) is 14.9 Å². The SMILES string of the molecule is COc1ccccc1C(=O)Nc1ccc(O)c(-c2cc(C3CC3)n(C(=O)NCc3cccc(F)c3)n2)c1. The second-order valence-corrected chi connectivity index (χ2v) is 8.82. The van der Waals surface area contributed by atoms with Crippen LogP contribution < -0.4 is 15.4 Å². The molecular weight excluding hydrogens is 475 g/mol. The third kappa shape index (κ3) is 5.30. The standard InChI is InChI=1S/C28H25FN4O4/c1-37-26-8-3-2-7-21(26)27(35)31-20-11-12-25(34)22(14-20)23-15-24(18-9-10-18)33(32-23)28(36)30-16-17-5-4-6-19(29)13-17/h2-8,11-15,18,34H,9-10,16H2,1H3,(H,30,36)(H,31,35). The molecular formula is C28H25FN4O4. The average Bonchev–Trinajstić information content (AvgIpc) is 3.66. The number of amides is 2. The van der Waals surface area contributed by atoms with Crippen molar-refractivity contribution in [3.8, 4) is 22.8 Å². The van der Waals surface area contributed by atoms with E-state index in [1.54, 1.807) is 54.6 Å². The molecule has 37 heavy (non-hydrogen) atoms. The van der Waals surface area contributed by atoms with Gasteiger partial charge in [0.25, 0.3) is 5.91 Å². The van der Waals surface area contributed by atoms with Crippen LogP contribution in [0.1, 0.15) is 40.4 Å². The molecule has 0 spiro atoms. The lowest BCUT2D eigenvalue weighted by Crippen LogP contribution is -2.30. The number of aromatic nitrogens is 2. The first-order valence-corrected chi connectivity index (χ1v) is 11.8. The number of carbonyl (C=O) groups excluding carboxylic acids is 2. The Morgan fingerprint density at radius 3 is 2.65 bits per heavy atom. The summed E-state index contributed by atoms with van der Waals surface area (Å²) in [4.78, 5) is 25.8. The minimum Gasteiger partial charge on any atom is -0.507 e. The number of para-hydroxylation sites is 1. The Labute approximate surface area is 212 Å². The van der Waals surface area contributed by atoms with E-state index in [1.807, 2.05) is 0 Å². The number of hydrogen-bond acceptors (Lipinski definition) is 5. The van der Waals surface area contributed by atoms with Gasteiger partial charge in [0, 0.05) is 23.7 Å². The van der Waals surface area contributed by atoms with Crippen molar-refractivity contribution in [2.24, 2.45) is 0 Å². The molecule has 0 aliphatic heterocycles. The van der Waals surface area contributed by atoms with E-state index in [9.17, 15) is 19.1 Å². The maximum atomic E-state index is 13.5. The molecule has 0 unspecified atom stereocenters. The van der Waals surface area contributed by atoms with Crippen LogP contribution in [0.5, 0.6) is 11.5 Å². The van der Waals surface area contributed by atoms with E-state index in [-0.39, 0.29) is 29.9 Å². The predicted molar refractivity (Wildman–Crippen MR) is 136 cm³/mol. The Bertz CT molecular complexity index is 1480. The van der Waals surface area contributed by atoms with Crippen molar-refractivity contribution in [1.29, 1.82) is 0 Å². The number of phenolic OH excluding ortho intramolecular Hbond substituents is 1. The number of benzene rings is 3. The van der Waals surface area contributed by atoms with Crippen LogP contribution in [-0.2, 0) is 6.54 Å². The zero-order valence-electron chi connectivity index (χ0n) is 20.1. The molecule has 0 radical (unpaired) electrons. The second kappa shape index (κ2) is 10.1. The van der Waals surface area contributed by atoms with Gasteiger partial charge in [-0.3, -0.25) is 4.79 Å². The number of ether oxygens (including phenoxy) is 1. The fourth-order valence-corrected chi connectivity index (χ4v) is 4.11. The fraction of sp³-hybridized carbons (Fsp3) is 0.179. The number of aromatic hydroxyl groups is 1. The molecule has 5 rings (SSSR count). The van der Waals surface area contributed by atoms with Crippen molar-refractivity contribution in [3.63, 3.8) is 0 Å². The Balaban J connectivity index is 1.39. The zero-order chi connectivity index (χ0) is 25.9. The molecule has 3 aromatic carbocycles. The molecule has 0 saturated heterocycles. The van der Waals surface area contributed by atoms with Crippen LogP contribution in [-0.4, -0.2) is 33.9 Å². The molecule has 8 nitrogen and oxygen atoms in total. The summed E-state index contributed by atoms with van der Waals surface area (Å²) in [6.07, 6.45) is 1.87. The summed E-state index contributed by atoms with van der Waals surface area (Å²) in [5.41, 5.74) is 2.95. The van der Waals surface area contributed by atoms with Gasteiger partial charge in [-0.1, -0.05) is 24.3 Å². The van der Waals surface area contributed by atoms with E-state index in [0.29, 0.717) is 33.8 Å². The summed E-state index contributed by atoms with van der Waals surface area (Å²) >= 11 is 0. The number of carbonyl (C=O) groups is 2. The second-order valence-electron chi connectivity index (χ2n) is 8.82. The molecule has 2 amide bonds. The third-order valence-corrected chi connectivity index (χ3v) is 6.14. The highest BCUT2D eigenvalue weighted by atomic mass is 19.1. The lowest BCUT2D eigenvalue weighted by molar-refractivity contribution is 0.102. The fourth-order valence-electron chi connectivity index (χ4n) is 4.11. The summed E-state index contributed by atoms with van der Waals surface area (Å²) < 4.78 is 20.0. The molecule has 3 N–H and O–H groups in total. The first-order chi connectivity index (χ1) is 17.9. The van der Waals surface area contributed by atoms with Crippen LogP contribution in [0, 0.1) is 5.82 Å². The van der Waals surface area contributed by atoms with Crippen LogP contribution in [0.3, 0.4) is 0 Å². The Morgan fingerprint density at radius 2 is 1.89 bits per heavy atom. The highest BCUT2D eigenvalue weighted by Crippen LogP contribution is 2.42. The monoisotopic (exact) mass is 500 g/mol. The Hall–Kier alpha value is -4.66.